The first kappa shape index (κ1) is 24.3. The van der Waals surface area contributed by atoms with Gasteiger partial charge in [-0.05, 0) is 44.0 Å². The number of hydrogen-bond donors (Lipinski definition) is 2. The fraction of sp³-hybridized carbons (Fsp3) is 0.391. The predicted molar refractivity (Wildman–Crippen MR) is 132 cm³/mol. The highest BCUT2D eigenvalue weighted by Crippen LogP contribution is 2.29. The van der Waals surface area contributed by atoms with Crippen LogP contribution in [0.2, 0.25) is 0 Å². The zero-order valence-electron chi connectivity index (χ0n) is 19.4. The topological polar surface area (TPSA) is 136 Å². The standard InChI is InChI=1S/C23H26N6O5S/c1-3-24-20(31)15-5-4-10-28(11-15)23-27-19-18(35-23)21(32)29(13-25-19)12-17(30)26-16-8-6-14(7-9-16)22(33)34-2/h6-9,13,15H,3-5,10-12H2,1-2H3,(H,24,31)(H,26,30)/t15-/m0/s1. The van der Waals surface area contributed by atoms with Gasteiger partial charge in [0.2, 0.25) is 11.8 Å². The molecule has 3 aromatic rings. The monoisotopic (exact) mass is 498 g/mol. The highest BCUT2D eigenvalue weighted by molar-refractivity contribution is 7.22. The number of carbonyl (C=O) groups excluding carboxylic acids is 3. The third kappa shape index (κ3) is 5.48. The van der Waals surface area contributed by atoms with Crippen molar-refractivity contribution in [1.82, 2.24) is 19.9 Å². The highest BCUT2D eigenvalue weighted by Gasteiger charge is 2.27. The van der Waals surface area contributed by atoms with E-state index >= 15 is 0 Å². The van der Waals surface area contributed by atoms with Crippen LogP contribution in [0.15, 0.2) is 35.4 Å². The molecule has 2 amide bonds. The van der Waals surface area contributed by atoms with Gasteiger partial charge in [0.1, 0.15) is 17.6 Å². The van der Waals surface area contributed by atoms with Crippen molar-refractivity contribution in [2.45, 2.75) is 26.3 Å². The van der Waals surface area contributed by atoms with E-state index in [4.69, 9.17) is 0 Å². The molecule has 1 aliphatic rings. The lowest BCUT2D eigenvalue weighted by Gasteiger charge is -2.31. The van der Waals surface area contributed by atoms with Gasteiger partial charge in [-0.25, -0.2) is 9.78 Å². The van der Waals surface area contributed by atoms with E-state index in [0.717, 1.165) is 19.4 Å². The normalized spacial score (nSPS) is 15.6. The van der Waals surface area contributed by atoms with E-state index in [1.54, 1.807) is 12.1 Å². The quantitative estimate of drug-likeness (QED) is 0.469. The summed E-state index contributed by atoms with van der Waals surface area (Å²) in [4.78, 5) is 60.1. The van der Waals surface area contributed by atoms with Crippen LogP contribution >= 0.6 is 11.3 Å². The molecule has 0 aliphatic carbocycles. The van der Waals surface area contributed by atoms with Crippen molar-refractivity contribution in [3.63, 3.8) is 0 Å². The minimum absolute atomic E-state index is 0.0322. The third-order valence-corrected chi connectivity index (χ3v) is 6.78. The molecule has 0 saturated carbocycles. The molecule has 1 aromatic carbocycles. The summed E-state index contributed by atoms with van der Waals surface area (Å²) in [7, 11) is 1.29. The van der Waals surface area contributed by atoms with Crippen molar-refractivity contribution in [2.75, 3.05) is 37.0 Å². The lowest BCUT2D eigenvalue weighted by atomic mass is 9.97. The van der Waals surface area contributed by atoms with Crippen LogP contribution in [-0.2, 0) is 20.9 Å². The Morgan fingerprint density at radius 2 is 2.00 bits per heavy atom. The second-order valence-corrected chi connectivity index (χ2v) is 9.10. The Morgan fingerprint density at radius 3 is 2.71 bits per heavy atom. The van der Waals surface area contributed by atoms with Crippen LogP contribution in [-0.4, -0.2) is 59.1 Å². The number of ether oxygens (including phenoxy) is 1. The molecular formula is C23H26N6O5S. The Balaban J connectivity index is 1.46. The van der Waals surface area contributed by atoms with Gasteiger partial charge in [0.25, 0.3) is 5.56 Å². The van der Waals surface area contributed by atoms with Gasteiger partial charge in [0.05, 0.1) is 18.6 Å². The van der Waals surface area contributed by atoms with Crippen LogP contribution in [0.5, 0.6) is 0 Å². The average molecular weight is 499 g/mol. The van der Waals surface area contributed by atoms with Crippen molar-refractivity contribution < 1.29 is 19.1 Å². The maximum Gasteiger partial charge on any atom is 0.337 e. The van der Waals surface area contributed by atoms with Gasteiger partial charge in [-0.15, -0.1) is 0 Å². The fourth-order valence-corrected chi connectivity index (χ4v) is 4.93. The number of rotatable bonds is 7. The van der Waals surface area contributed by atoms with Crippen LogP contribution in [0.3, 0.4) is 0 Å². The molecule has 2 aromatic heterocycles. The molecule has 1 saturated heterocycles. The number of piperidine rings is 1. The molecule has 2 N–H and O–H groups in total. The Morgan fingerprint density at radius 1 is 1.23 bits per heavy atom. The van der Waals surface area contributed by atoms with Crippen molar-refractivity contribution in [3.8, 4) is 0 Å². The van der Waals surface area contributed by atoms with Crippen molar-refractivity contribution >= 4 is 50.3 Å². The number of hydrogen-bond acceptors (Lipinski definition) is 9. The van der Waals surface area contributed by atoms with Gasteiger partial charge in [-0.3, -0.25) is 19.0 Å². The summed E-state index contributed by atoms with van der Waals surface area (Å²) in [6, 6.07) is 6.24. The van der Waals surface area contributed by atoms with Gasteiger partial charge >= 0.3 is 5.97 Å². The lowest BCUT2D eigenvalue weighted by Crippen LogP contribution is -2.43. The number of nitrogens with zero attached hydrogens (tertiary/aromatic N) is 4. The summed E-state index contributed by atoms with van der Waals surface area (Å²) in [5.74, 6) is -0.970. The number of anilines is 2. The van der Waals surface area contributed by atoms with Gasteiger partial charge in [0, 0.05) is 25.3 Å². The summed E-state index contributed by atoms with van der Waals surface area (Å²) < 4.78 is 6.25. The van der Waals surface area contributed by atoms with Crippen molar-refractivity contribution in [3.05, 3.63) is 46.5 Å². The first-order chi connectivity index (χ1) is 16.9. The van der Waals surface area contributed by atoms with E-state index in [0.29, 0.717) is 39.8 Å². The largest absolute Gasteiger partial charge is 0.465 e. The summed E-state index contributed by atoms with van der Waals surface area (Å²) in [6.07, 6.45) is 2.98. The molecule has 11 nitrogen and oxygen atoms in total. The molecule has 1 fully saturated rings. The third-order valence-electron chi connectivity index (χ3n) is 5.69. The fourth-order valence-electron chi connectivity index (χ4n) is 3.93. The lowest BCUT2D eigenvalue weighted by molar-refractivity contribution is -0.125. The van der Waals surface area contributed by atoms with Crippen LogP contribution in [0.4, 0.5) is 10.8 Å². The maximum atomic E-state index is 13.0. The van der Waals surface area contributed by atoms with Crippen LogP contribution in [0.25, 0.3) is 10.3 Å². The minimum Gasteiger partial charge on any atom is -0.465 e. The number of aromatic nitrogens is 3. The van der Waals surface area contributed by atoms with E-state index in [9.17, 15) is 19.2 Å². The molecule has 0 unspecified atom stereocenters. The molecule has 4 rings (SSSR count). The summed E-state index contributed by atoms with van der Waals surface area (Å²) >= 11 is 1.22. The van der Waals surface area contributed by atoms with Gasteiger partial charge in [0.15, 0.2) is 10.8 Å². The number of benzene rings is 1. The number of amides is 2. The first-order valence-electron chi connectivity index (χ1n) is 11.3. The zero-order valence-corrected chi connectivity index (χ0v) is 20.3. The number of nitrogens with one attached hydrogen (secondary N) is 2. The Hall–Kier alpha value is -3.80. The first-order valence-corrected chi connectivity index (χ1v) is 12.1. The average Bonchev–Trinajstić information content (AvgIpc) is 3.31. The SMILES string of the molecule is CCNC(=O)[C@H]1CCCN(c2nc3ncn(CC(=O)Nc4ccc(C(=O)OC)cc4)c(=O)c3s2)C1. The van der Waals surface area contributed by atoms with E-state index in [1.807, 2.05) is 11.8 Å². The summed E-state index contributed by atoms with van der Waals surface area (Å²) in [5.41, 5.74) is 0.817. The van der Waals surface area contributed by atoms with E-state index < -0.39 is 11.9 Å². The summed E-state index contributed by atoms with van der Waals surface area (Å²) in [6.45, 7) is 3.55. The number of fused-ring (bicyclic) bond motifs is 1. The number of thiazole rings is 1. The zero-order chi connectivity index (χ0) is 24.9. The molecular weight excluding hydrogens is 472 g/mol. The number of carbonyl (C=O) groups is 3. The Labute approximate surface area is 205 Å². The molecule has 184 valence electrons. The van der Waals surface area contributed by atoms with Gasteiger partial charge in [-0.2, -0.15) is 4.98 Å². The van der Waals surface area contributed by atoms with Gasteiger partial charge in [-0.1, -0.05) is 11.3 Å². The second kappa shape index (κ2) is 10.6. The van der Waals surface area contributed by atoms with Crippen molar-refractivity contribution in [2.24, 2.45) is 5.92 Å². The van der Waals surface area contributed by atoms with E-state index in [1.165, 1.54) is 41.5 Å². The molecule has 3 heterocycles. The van der Waals surface area contributed by atoms with Crippen LogP contribution < -0.4 is 21.1 Å². The summed E-state index contributed by atoms with van der Waals surface area (Å²) in [5, 5.41) is 6.21. The van der Waals surface area contributed by atoms with E-state index in [-0.39, 0.29) is 23.9 Å². The molecule has 1 aliphatic heterocycles. The smallest absolute Gasteiger partial charge is 0.337 e. The minimum atomic E-state index is -0.470. The second-order valence-electron chi connectivity index (χ2n) is 8.12. The van der Waals surface area contributed by atoms with Gasteiger partial charge < -0.3 is 20.3 Å². The molecule has 0 spiro atoms. The molecule has 12 heteroatoms. The highest BCUT2D eigenvalue weighted by atomic mass is 32.1. The maximum absolute atomic E-state index is 13.0. The number of methoxy groups -OCH3 is 1. The van der Waals surface area contributed by atoms with Crippen LogP contribution in [0, 0.1) is 5.92 Å². The molecule has 35 heavy (non-hydrogen) atoms. The van der Waals surface area contributed by atoms with E-state index in [2.05, 4.69) is 25.3 Å². The molecule has 0 radical (unpaired) electrons. The van der Waals surface area contributed by atoms with Crippen molar-refractivity contribution in [1.29, 1.82) is 0 Å². The molecule has 1 atom stereocenters. The predicted octanol–water partition coefficient (Wildman–Crippen LogP) is 1.63. The van der Waals surface area contributed by atoms with Crippen LogP contribution in [0.1, 0.15) is 30.1 Å². The molecule has 0 bridgehead atoms. The Kier molecular flexibility index (Phi) is 7.39. The number of esters is 1. The Bertz CT molecular complexity index is 1300.